The molecule has 0 saturated carbocycles. The van der Waals surface area contributed by atoms with Gasteiger partial charge < -0.3 is 9.47 Å². The van der Waals surface area contributed by atoms with Crippen LogP contribution in [0.5, 0.6) is 5.75 Å². The molecule has 0 fully saturated rings. The Morgan fingerprint density at radius 1 is 1.17 bits per heavy atom. The molecule has 0 N–H and O–H groups in total. The van der Waals surface area contributed by atoms with Crippen molar-refractivity contribution in [3.8, 4) is 28.3 Å². The molecule has 5 rings (SSSR count). The second kappa shape index (κ2) is 7.26. The Morgan fingerprint density at radius 3 is 2.90 bits per heavy atom. The number of aromatic nitrogens is 4. The van der Waals surface area contributed by atoms with Crippen molar-refractivity contribution < 1.29 is 14.3 Å². The Labute approximate surface area is 173 Å². The topological polar surface area (TPSA) is 79.1 Å². The predicted octanol–water partition coefficient (Wildman–Crippen LogP) is 4.56. The number of aryl methyl sites for hydroxylation is 2. The molecule has 0 aliphatic carbocycles. The number of nitrogens with zero attached hydrogens (tertiary/aromatic N) is 4. The molecule has 0 spiro atoms. The molecule has 0 saturated heterocycles. The van der Waals surface area contributed by atoms with Crippen LogP contribution in [0.25, 0.3) is 33.4 Å². The highest BCUT2D eigenvalue weighted by atomic mass is 16.7. The molecule has 1 aliphatic heterocycles. The summed E-state index contributed by atoms with van der Waals surface area (Å²) in [5, 5.41) is 5.78. The summed E-state index contributed by atoms with van der Waals surface area (Å²) in [6.45, 7) is 2.87. The molecule has 0 unspecified atom stereocenters. The van der Waals surface area contributed by atoms with Crippen molar-refractivity contribution in [2.45, 2.75) is 26.3 Å². The summed E-state index contributed by atoms with van der Waals surface area (Å²) in [6, 6.07) is 13.3. The van der Waals surface area contributed by atoms with Gasteiger partial charge in [0.15, 0.2) is 0 Å². The van der Waals surface area contributed by atoms with E-state index >= 15 is 0 Å². The van der Waals surface area contributed by atoms with Crippen LogP contribution in [0.15, 0.2) is 48.7 Å². The van der Waals surface area contributed by atoms with Crippen molar-refractivity contribution in [2.24, 2.45) is 0 Å². The third-order valence-corrected chi connectivity index (χ3v) is 5.32. The molecule has 30 heavy (non-hydrogen) atoms. The van der Waals surface area contributed by atoms with Crippen LogP contribution in [0.2, 0.25) is 0 Å². The fraction of sp³-hybridized carbons (Fsp3) is 0.217. The maximum atomic E-state index is 11.6. The zero-order valence-corrected chi connectivity index (χ0v) is 16.8. The lowest BCUT2D eigenvalue weighted by atomic mass is 9.96. The van der Waals surface area contributed by atoms with E-state index in [1.165, 1.54) is 12.8 Å². The lowest BCUT2D eigenvalue weighted by molar-refractivity contribution is 0.121. The summed E-state index contributed by atoms with van der Waals surface area (Å²) in [7, 11) is 1.29. The fourth-order valence-corrected chi connectivity index (χ4v) is 4.01. The van der Waals surface area contributed by atoms with Gasteiger partial charge in [-0.1, -0.05) is 6.07 Å². The fourth-order valence-electron chi connectivity index (χ4n) is 4.01. The first-order valence-corrected chi connectivity index (χ1v) is 9.82. The van der Waals surface area contributed by atoms with Gasteiger partial charge in [-0.15, -0.1) is 0 Å². The number of benzene rings is 1. The number of fused-ring (bicyclic) bond motifs is 2. The monoisotopic (exact) mass is 400 g/mol. The molecule has 1 aromatic carbocycles. The van der Waals surface area contributed by atoms with Gasteiger partial charge in [0.25, 0.3) is 0 Å². The van der Waals surface area contributed by atoms with E-state index in [0.717, 1.165) is 58.5 Å². The highest BCUT2D eigenvalue weighted by Gasteiger charge is 2.25. The molecule has 0 amide bonds. The van der Waals surface area contributed by atoms with Gasteiger partial charge in [-0.25, -0.2) is 4.79 Å². The predicted molar refractivity (Wildman–Crippen MR) is 112 cm³/mol. The average molecular weight is 400 g/mol. The lowest BCUT2D eigenvalue weighted by Gasteiger charge is -2.10. The largest absolute Gasteiger partial charge is 0.513 e. The Morgan fingerprint density at radius 2 is 2.07 bits per heavy atom. The minimum Gasteiger partial charge on any atom is -0.437 e. The van der Waals surface area contributed by atoms with Crippen LogP contribution in [0.1, 0.15) is 17.8 Å². The van der Waals surface area contributed by atoms with Crippen molar-refractivity contribution in [3.05, 3.63) is 60.0 Å². The Hall–Kier alpha value is -3.74. The molecule has 150 valence electrons. The number of hydrogen-bond acceptors (Lipinski definition) is 6. The van der Waals surface area contributed by atoms with Crippen LogP contribution in [0, 0.1) is 6.92 Å². The van der Waals surface area contributed by atoms with E-state index in [2.05, 4.69) is 14.4 Å². The average Bonchev–Trinajstić information content (AvgIpc) is 3.34. The van der Waals surface area contributed by atoms with E-state index in [9.17, 15) is 4.79 Å². The van der Waals surface area contributed by atoms with Gasteiger partial charge in [0.1, 0.15) is 11.4 Å². The Bertz CT molecular complexity index is 1280. The van der Waals surface area contributed by atoms with E-state index in [1.54, 1.807) is 12.3 Å². The van der Waals surface area contributed by atoms with Gasteiger partial charge >= 0.3 is 6.16 Å². The van der Waals surface area contributed by atoms with E-state index in [4.69, 9.17) is 14.8 Å². The van der Waals surface area contributed by atoms with Crippen LogP contribution in [0.4, 0.5) is 4.79 Å². The first-order valence-electron chi connectivity index (χ1n) is 9.82. The number of ether oxygens (including phenoxy) is 2. The highest BCUT2D eigenvalue weighted by molar-refractivity contribution is 5.99. The summed E-state index contributed by atoms with van der Waals surface area (Å²) in [4.78, 5) is 20.8. The number of carbonyl (C=O) groups is 1. The minimum absolute atomic E-state index is 0.405. The number of rotatable bonds is 3. The zero-order chi connectivity index (χ0) is 20.7. The van der Waals surface area contributed by atoms with Gasteiger partial charge in [-0.3, -0.25) is 14.6 Å². The molecule has 0 atom stereocenters. The van der Waals surface area contributed by atoms with Crippen molar-refractivity contribution in [1.82, 2.24) is 19.7 Å². The van der Waals surface area contributed by atoms with Crippen LogP contribution in [-0.4, -0.2) is 33.0 Å². The molecule has 7 heteroatoms. The maximum Gasteiger partial charge on any atom is 0.513 e. The summed E-state index contributed by atoms with van der Waals surface area (Å²) in [5.41, 5.74) is 6.72. The van der Waals surface area contributed by atoms with Crippen LogP contribution >= 0.6 is 0 Å². The summed E-state index contributed by atoms with van der Waals surface area (Å²) >= 11 is 0. The molecule has 4 heterocycles. The molecule has 4 aromatic rings. The first-order chi connectivity index (χ1) is 14.6. The quantitative estimate of drug-likeness (QED) is 0.370. The first kappa shape index (κ1) is 18.3. The number of methoxy groups -OCH3 is 1. The van der Waals surface area contributed by atoms with E-state index in [1.807, 2.05) is 43.3 Å². The molecule has 3 aromatic heterocycles. The summed E-state index contributed by atoms with van der Waals surface area (Å²) in [5.74, 6) is 0.405. The lowest BCUT2D eigenvalue weighted by Crippen LogP contribution is -2.07. The third kappa shape index (κ3) is 3.08. The van der Waals surface area contributed by atoms with E-state index in [-0.39, 0.29) is 0 Å². The van der Waals surface area contributed by atoms with Gasteiger partial charge in [0.05, 0.1) is 18.3 Å². The van der Waals surface area contributed by atoms with Crippen molar-refractivity contribution in [1.29, 1.82) is 0 Å². The van der Waals surface area contributed by atoms with Gasteiger partial charge in [-0.2, -0.15) is 5.10 Å². The standard InChI is InChI=1S/C23H20N4O3/c1-14-5-3-6-19(25-14)22-21(20-7-4-12-27(20)26-22)16-10-11-24-18-9-8-15(13-17(16)18)30-23(28)29-2/h3,5-6,8-11,13H,4,7,12H2,1-2H3. The molecule has 0 radical (unpaired) electrons. The smallest absolute Gasteiger partial charge is 0.437 e. The Balaban J connectivity index is 1.74. The van der Waals surface area contributed by atoms with E-state index in [0.29, 0.717) is 5.75 Å². The molecule has 7 nitrogen and oxygen atoms in total. The number of pyridine rings is 2. The van der Waals surface area contributed by atoms with E-state index < -0.39 is 6.16 Å². The van der Waals surface area contributed by atoms with Crippen LogP contribution in [0.3, 0.4) is 0 Å². The Kier molecular flexibility index (Phi) is 4.43. The highest BCUT2D eigenvalue weighted by Crippen LogP contribution is 2.40. The number of carbonyl (C=O) groups excluding carboxylic acids is 1. The molecular weight excluding hydrogens is 380 g/mol. The maximum absolute atomic E-state index is 11.6. The second-order valence-electron chi connectivity index (χ2n) is 7.25. The van der Waals surface area contributed by atoms with Crippen LogP contribution < -0.4 is 4.74 Å². The van der Waals surface area contributed by atoms with Crippen molar-refractivity contribution in [2.75, 3.05) is 7.11 Å². The van der Waals surface area contributed by atoms with Gasteiger partial charge in [-0.05, 0) is 61.7 Å². The molecule has 0 bridgehead atoms. The second-order valence-corrected chi connectivity index (χ2v) is 7.25. The molecular formula is C23H20N4O3. The van der Waals surface area contributed by atoms with Gasteiger partial charge in [0.2, 0.25) is 0 Å². The van der Waals surface area contributed by atoms with Crippen LogP contribution in [-0.2, 0) is 17.7 Å². The molecule has 1 aliphatic rings. The van der Waals surface area contributed by atoms with Crippen molar-refractivity contribution in [3.63, 3.8) is 0 Å². The third-order valence-electron chi connectivity index (χ3n) is 5.32. The van der Waals surface area contributed by atoms with Crippen molar-refractivity contribution >= 4 is 17.1 Å². The van der Waals surface area contributed by atoms with Gasteiger partial charge in [0, 0.05) is 35.1 Å². The summed E-state index contributed by atoms with van der Waals surface area (Å²) in [6.07, 6.45) is 3.06. The zero-order valence-electron chi connectivity index (χ0n) is 16.8. The normalized spacial score (nSPS) is 12.7. The number of hydrogen-bond donors (Lipinski definition) is 0. The SMILES string of the molecule is COC(=O)Oc1ccc2nccc(-c3c(-c4cccc(C)n4)nn4c3CCC4)c2c1. The summed E-state index contributed by atoms with van der Waals surface area (Å²) < 4.78 is 11.9. The minimum atomic E-state index is -0.754.